The third kappa shape index (κ3) is 7.02. The summed E-state index contributed by atoms with van der Waals surface area (Å²) in [5.74, 6) is -2.19. The zero-order valence-corrected chi connectivity index (χ0v) is 24.6. The Morgan fingerprint density at radius 3 is 2.20 bits per heavy atom. The number of aromatic nitrogens is 2. The first kappa shape index (κ1) is 29.6. The second-order valence-corrected chi connectivity index (χ2v) is 12.6. The summed E-state index contributed by atoms with van der Waals surface area (Å²) >= 11 is 2.47. The number of thiazole rings is 2. The van der Waals surface area contributed by atoms with Crippen molar-refractivity contribution in [3.05, 3.63) is 32.2 Å². The molecule has 3 atom stereocenters. The van der Waals surface area contributed by atoms with Gasteiger partial charge in [0.1, 0.15) is 39.5 Å². The van der Waals surface area contributed by atoms with Crippen LogP contribution < -0.4 is 21.3 Å². The van der Waals surface area contributed by atoms with Crippen LogP contribution in [-0.2, 0) is 27.5 Å². The Labute approximate surface area is 240 Å². The van der Waals surface area contributed by atoms with E-state index in [4.69, 9.17) is 0 Å². The van der Waals surface area contributed by atoms with E-state index in [1.165, 1.54) is 27.6 Å². The minimum atomic E-state index is -0.877. The SMILES string of the molecule is CC(C)C[C@@H]1NC(=O)[C@@H]2CCCN2C(=O)c2csc(n2)CNC(=O)c2csc(n2)CNC(=O)[C@H](C(C)C)NC1=O. The summed E-state index contributed by atoms with van der Waals surface area (Å²) in [6, 6.07) is -2.46. The molecule has 0 aromatic carbocycles. The molecule has 4 heterocycles. The molecule has 4 N–H and O–H groups in total. The fraction of sp³-hybridized carbons (Fsp3) is 0.577. The fourth-order valence-corrected chi connectivity index (χ4v) is 6.12. The lowest BCUT2D eigenvalue weighted by atomic mass is 9.99. The van der Waals surface area contributed by atoms with E-state index in [1.807, 2.05) is 27.7 Å². The quantitative estimate of drug-likeness (QED) is 0.421. The molecule has 4 bridgehead atoms. The van der Waals surface area contributed by atoms with Gasteiger partial charge in [0.15, 0.2) is 0 Å². The summed E-state index contributed by atoms with van der Waals surface area (Å²) in [6.07, 6.45) is 1.47. The largest absolute Gasteiger partial charge is 0.348 e. The van der Waals surface area contributed by atoms with E-state index in [2.05, 4.69) is 31.2 Å². The minimum absolute atomic E-state index is 0.0852. The molecule has 2 aromatic heterocycles. The van der Waals surface area contributed by atoms with E-state index >= 15 is 0 Å². The van der Waals surface area contributed by atoms with Gasteiger partial charge in [-0.2, -0.15) is 0 Å². The molecule has 1 fully saturated rings. The highest BCUT2D eigenvalue weighted by Crippen LogP contribution is 2.22. The van der Waals surface area contributed by atoms with Gasteiger partial charge >= 0.3 is 0 Å². The number of nitrogens with zero attached hydrogens (tertiary/aromatic N) is 3. The van der Waals surface area contributed by atoms with Crippen LogP contribution in [0.25, 0.3) is 0 Å². The number of hydrogen-bond donors (Lipinski definition) is 4. The van der Waals surface area contributed by atoms with E-state index in [0.717, 1.165) is 0 Å². The van der Waals surface area contributed by atoms with Gasteiger partial charge < -0.3 is 26.2 Å². The molecule has 40 heavy (non-hydrogen) atoms. The van der Waals surface area contributed by atoms with E-state index in [-0.39, 0.29) is 42.2 Å². The van der Waals surface area contributed by atoms with Crippen LogP contribution in [-0.4, -0.2) is 69.1 Å². The van der Waals surface area contributed by atoms with Crippen molar-refractivity contribution in [3.8, 4) is 0 Å². The molecule has 12 nitrogen and oxygen atoms in total. The van der Waals surface area contributed by atoms with Crippen molar-refractivity contribution in [1.29, 1.82) is 0 Å². The Hall–Kier alpha value is -3.39. The first-order valence-corrected chi connectivity index (χ1v) is 15.2. The lowest BCUT2D eigenvalue weighted by molar-refractivity contribution is -0.134. The second kappa shape index (κ2) is 12.9. The highest BCUT2D eigenvalue weighted by molar-refractivity contribution is 7.10. The van der Waals surface area contributed by atoms with Crippen molar-refractivity contribution in [2.75, 3.05) is 6.54 Å². The highest BCUT2D eigenvalue weighted by Gasteiger charge is 2.38. The first-order valence-electron chi connectivity index (χ1n) is 13.4. The van der Waals surface area contributed by atoms with Crippen molar-refractivity contribution in [2.45, 2.75) is 78.2 Å². The number of rotatable bonds is 3. The smallest absolute Gasteiger partial charge is 0.274 e. The van der Waals surface area contributed by atoms with E-state index in [0.29, 0.717) is 35.8 Å². The molecule has 0 spiro atoms. The molecule has 216 valence electrons. The van der Waals surface area contributed by atoms with Gasteiger partial charge in [0.25, 0.3) is 11.8 Å². The van der Waals surface area contributed by atoms with Gasteiger partial charge in [-0.25, -0.2) is 9.97 Å². The zero-order valence-electron chi connectivity index (χ0n) is 23.0. The van der Waals surface area contributed by atoms with Gasteiger partial charge in [-0.1, -0.05) is 27.7 Å². The molecule has 4 rings (SSSR count). The van der Waals surface area contributed by atoms with Gasteiger partial charge in [-0.3, -0.25) is 24.0 Å². The van der Waals surface area contributed by atoms with Crippen molar-refractivity contribution in [2.24, 2.45) is 11.8 Å². The molecule has 2 aromatic rings. The summed E-state index contributed by atoms with van der Waals surface area (Å²) < 4.78 is 0. The maximum Gasteiger partial charge on any atom is 0.274 e. The molecular formula is C26H35N7O5S2. The molecule has 5 amide bonds. The number of hydrogen-bond acceptors (Lipinski definition) is 9. The molecule has 1 saturated heterocycles. The maximum absolute atomic E-state index is 13.4. The molecule has 14 heteroatoms. The number of amides is 5. The average molecular weight is 590 g/mol. The third-order valence-electron chi connectivity index (χ3n) is 6.77. The number of carbonyl (C=O) groups is 5. The topological polar surface area (TPSA) is 162 Å². The molecular weight excluding hydrogens is 554 g/mol. The molecule has 0 aliphatic carbocycles. The summed E-state index contributed by atoms with van der Waals surface area (Å²) in [5, 5.41) is 15.5. The molecule has 0 unspecified atom stereocenters. The van der Waals surface area contributed by atoms with Crippen LogP contribution in [0.15, 0.2) is 10.8 Å². The van der Waals surface area contributed by atoms with Crippen LogP contribution in [0.2, 0.25) is 0 Å². The predicted octanol–water partition coefficient (Wildman–Crippen LogP) is 1.44. The van der Waals surface area contributed by atoms with Crippen LogP contribution in [0.5, 0.6) is 0 Å². The lowest BCUT2D eigenvalue weighted by Crippen LogP contribution is -2.57. The number of fused-ring (bicyclic) bond motifs is 5. The summed E-state index contributed by atoms with van der Waals surface area (Å²) in [7, 11) is 0. The Kier molecular flexibility index (Phi) is 9.51. The number of nitrogens with one attached hydrogen (secondary N) is 4. The van der Waals surface area contributed by atoms with E-state index < -0.39 is 41.8 Å². The lowest BCUT2D eigenvalue weighted by Gasteiger charge is -2.28. The van der Waals surface area contributed by atoms with E-state index in [9.17, 15) is 24.0 Å². The predicted molar refractivity (Wildman–Crippen MR) is 149 cm³/mol. The Balaban J connectivity index is 1.63. The summed E-state index contributed by atoms with van der Waals surface area (Å²) in [4.78, 5) is 76.0. The van der Waals surface area contributed by atoms with Crippen LogP contribution in [0, 0.1) is 11.8 Å². The molecule has 0 saturated carbocycles. The van der Waals surface area contributed by atoms with Gasteiger partial charge in [0, 0.05) is 17.3 Å². The van der Waals surface area contributed by atoms with Crippen molar-refractivity contribution >= 4 is 52.2 Å². The van der Waals surface area contributed by atoms with Crippen molar-refractivity contribution in [3.63, 3.8) is 0 Å². The van der Waals surface area contributed by atoms with Gasteiger partial charge in [0.2, 0.25) is 17.7 Å². The normalized spacial score (nSPS) is 23.3. The van der Waals surface area contributed by atoms with Gasteiger partial charge in [-0.05, 0) is 31.1 Å². The third-order valence-corrected chi connectivity index (χ3v) is 8.47. The van der Waals surface area contributed by atoms with Crippen LogP contribution in [0.1, 0.15) is 77.9 Å². The maximum atomic E-state index is 13.4. The monoisotopic (exact) mass is 589 g/mol. The Morgan fingerprint density at radius 1 is 0.875 bits per heavy atom. The van der Waals surface area contributed by atoms with Crippen LogP contribution in [0.4, 0.5) is 0 Å². The summed E-state index contributed by atoms with van der Waals surface area (Å²) in [6.45, 7) is 8.13. The zero-order chi connectivity index (χ0) is 29.0. The molecule has 2 aliphatic rings. The average Bonchev–Trinajstić information content (AvgIpc) is 3.68. The Morgan fingerprint density at radius 2 is 1.52 bits per heavy atom. The molecule has 0 radical (unpaired) electrons. The first-order chi connectivity index (χ1) is 19.0. The van der Waals surface area contributed by atoms with Gasteiger partial charge in [-0.15, -0.1) is 22.7 Å². The highest BCUT2D eigenvalue weighted by atomic mass is 32.1. The van der Waals surface area contributed by atoms with Crippen LogP contribution in [0.3, 0.4) is 0 Å². The van der Waals surface area contributed by atoms with Crippen molar-refractivity contribution < 1.29 is 24.0 Å². The second-order valence-electron chi connectivity index (χ2n) is 10.7. The molecule has 2 aliphatic heterocycles. The Bertz CT molecular complexity index is 1270. The van der Waals surface area contributed by atoms with Gasteiger partial charge in [0.05, 0.1) is 13.1 Å². The summed E-state index contributed by atoms with van der Waals surface area (Å²) in [5.41, 5.74) is 0.416. The minimum Gasteiger partial charge on any atom is -0.348 e. The van der Waals surface area contributed by atoms with Crippen LogP contribution >= 0.6 is 22.7 Å². The number of carbonyl (C=O) groups excluding carboxylic acids is 5. The standard InChI is InChI=1S/C26H35N7O5S2/c1-13(2)8-15-23(35)32-21(14(3)4)25(37)28-10-19-29-16(11-39-19)22(34)27-9-20-30-17(12-40-20)26(38)33-7-5-6-18(33)24(36)31-15/h11-15,18,21H,5-10H2,1-4H3,(H,27,34)(H,28,37)(H,31,36)(H,32,35)/t15-,18-,21-/m0/s1. The van der Waals surface area contributed by atoms with Crippen molar-refractivity contribution in [1.82, 2.24) is 36.1 Å². The van der Waals surface area contributed by atoms with E-state index in [1.54, 1.807) is 10.8 Å². The fourth-order valence-electron chi connectivity index (χ4n) is 4.69.